The topological polar surface area (TPSA) is 149 Å². The Bertz CT molecular complexity index is 598. The number of ether oxygens (including phenoxy) is 1. The number of benzene rings is 1. The van der Waals surface area contributed by atoms with Crippen LogP contribution in [0.1, 0.15) is 31.1 Å². The zero-order valence-corrected chi connectivity index (χ0v) is 12.1. The summed E-state index contributed by atoms with van der Waals surface area (Å²) in [5, 5.41) is 9.84. The van der Waals surface area contributed by atoms with Gasteiger partial charge in [-0.3, -0.25) is 0 Å². The van der Waals surface area contributed by atoms with Gasteiger partial charge >= 0.3 is 5.97 Å². The molecule has 0 saturated heterocycles. The molecule has 0 saturated carbocycles. The number of aromatic hydroxyl groups is 1. The van der Waals surface area contributed by atoms with Crippen LogP contribution < -0.4 is 17.2 Å². The predicted octanol–water partition coefficient (Wildman–Crippen LogP) is 0.567. The van der Waals surface area contributed by atoms with Crippen LogP contribution in [0.5, 0.6) is 5.75 Å². The van der Waals surface area contributed by atoms with Gasteiger partial charge in [0.15, 0.2) is 5.96 Å². The van der Waals surface area contributed by atoms with Gasteiger partial charge in [0.25, 0.3) is 0 Å². The molecule has 0 heterocycles. The van der Waals surface area contributed by atoms with Crippen LogP contribution in [-0.2, 0) is 4.74 Å². The fraction of sp³-hybridized carbons (Fsp3) is 0.308. The fourth-order valence-corrected chi connectivity index (χ4v) is 1.36. The van der Waals surface area contributed by atoms with Gasteiger partial charge < -0.3 is 27.0 Å². The number of carbonyl (C=O) groups excluding carboxylic acids is 1. The Morgan fingerprint density at radius 3 is 2.33 bits per heavy atom. The largest absolute Gasteiger partial charge is 0.506 e. The SMILES string of the molecule is CC(C)(C)OC(=O)c1ccc(N=C(N)N=C(N)N)c(O)c1. The van der Waals surface area contributed by atoms with E-state index in [2.05, 4.69) is 9.98 Å². The molecule has 0 spiro atoms. The molecule has 0 amide bonds. The Labute approximate surface area is 122 Å². The molecule has 114 valence electrons. The third kappa shape index (κ3) is 5.39. The zero-order valence-electron chi connectivity index (χ0n) is 12.1. The van der Waals surface area contributed by atoms with E-state index >= 15 is 0 Å². The summed E-state index contributed by atoms with van der Waals surface area (Å²) in [5.41, 5.74) is 15.5. The van der Waals surface area contributed by atoms with Gasteiger partial charge in [-0.25, -0.2) is 9.79 Å². The molecule has 8 nitrogen and oxygen atoms in total. The first-order valence-corrected chi connectivity index (χ1v) is 6.08. The molecule has 21 heavy (non-hydrogen) atoms. The second-order valence-corrected chi connectivity index (χ2v) is 5.21. The van der Waals surface area contributed by atoms with E-state index in [1.807, 2.05) is 0 Å². The van der Waals surface area contributed by atoms with Crippen molar-refractivity contribution in [1.29, 1.82) is 0 Å². The molecule has 0 aliphatic heterocycles. The standard InChI is InChI=1S/C13H19N5O3/c1-13(2,3)21-10(20)7-4-5-8(9(19)6-7)17-12(16)18-11(14)15/h4-6,19H,1-3H3,(H6,14,15,16,17,18). The van der Waals surface area contributed by atoms with Crippen LogP contribution >= 0.6 is 0 Å². The van der Waals surface area contributed by atoms with E-state index in [1.54, 1.807) is 20.8 Å². The lowest BCUT2D eigenvalue weighted by Crippen LogP contribution is -2.26. The molecule has 7 N–H and O–H groups in total. The summed E-state index contributed by atoms with van der Waals surface area (Å²) in [6.07, 6.45) is 0. The predicted molar refractivity (Wildman–Crippen MR) is 80.4 cm³/mol. The first-order valence-electron chi connectivity index (χ1n) is 6.08. The van der Waals surface area contributed by atoms with Gasteiger partial charge in [-0.05, 0) is 39.0 Å². The first-order chi connectivity index (χ1) is 9.58. The van der Waals surface area contributed by atoms with Crippen molar-refractivity contribution in [3.05, 3.63) is 23.8 Å². The second kappa shape index (κ2) is 6.12. The number of nitrogens with two attached hydrogens (primary N) is 3. The van der Waals surface area contributed by atoms with Crippen molar-refractivity contribution in [2.45, 2.75) is 26.4 Å². The molecule has 0 radical (unpaired) electrons. The zero-order chi connectivity index (χ0) is 16.2. The summed E-state index contributed by atoms with van der Waals surface area (Å²) < 4.78 is 5.19. The van der Waals surface area contributed by atoms with Crippen LogP contribution in [0.4, 0.5) is 5.69 Å². The number of phenols is 1. The lowest BCUT2D eigenvalue weighted by atomic mass is 10.1. The molecular weight excluding hydrogens is 274 g/mol. The highest BCUT2D eigenvalue weighted by Crippen LogP contribution is 2.28. The fourth-order valence-electron chi connectivity index (χ4n) is 1.36. The molecule has 0 unspecified atom stereocenters. The smallest absolute Gasteiger partial charge is 0.338 e. The molecule has 0 aliphatic rings. The number of phenolic OH excluding ortho intramolecular Hbond substituents is 1. The number of esters is 1. The van der Waals surface area contributed by atoms with E-state index in [0.717, 1.165) is 0 Å². The molecule has 1 aromatic rings. The average molecular weight is 293 g/mol. The van der Waals surface area contributed by atoms with Crippen LogP contribution in [0.25, 0.3) is 0 Å². The minimum atomic E-state index is -0.624. The highest BCUT2D eigenvalue weighted by atomic mass is 16.6. The van der Waals surface area contributed by atoms with Crippen LogP contribution in [0, 0.1) is 0 Å². The highest BCUT2D eigenvalue weighted by molar-refractivity contribution is 5.94. The van der Waals surface area contributed by atoms with Gasteiger partial charge in [0, 0.05) is 0 Å². The Kier molecular flexibility index (Phi) is 4.75. The van der Waals surface area contributed by atoms with Gasteiger partial charge in [0.1, 0.15) is 17.0 Å². The Morgan fingerprint density at radius 2 is 1.86 bits per heavy atom. The van der Waals surface area contributed by atoms with E-state index in [-0.39, 0.29) is 28.9 Å². The van der Waals surface area contributed by atoms with Crippen molar-refractivity contribution in [1.82, 2.24) is 0 Å². The number of rotatable bonds is 2. The quantitative estimate of drug-likeness (QED) is 0.355. The van der Waals surface area contributed by atoms with E-state index in [1.165, 1.54) is 18.2 Å². The van der Waals surface area contributed by atoms with E-state index in [0.29, 0.717) is 0 Å². The first kappa shape index (κ1) is 16.3. The molecule has 0 bridgehead atoms. The molecule has 1 aromatic carbocycles. The van der Waals surface area contributed by atoms with Crippen molar-refractivity contribution >= 4 is 23.6 Å². The van der Waals surface area contributed by atoms with Crippen molar-refractivity contribution < 1.29 is 14.6 Å². The summed E-state index contributed by atoms with van der Waals surface area (Å²) in [7, 11) is 0. The van der Waals surface area contributed by atoms with Crippen LogP contribution in [0.2, 0.25) is 0 Å². The number of guanidine groups is 2. The van der Waals surface area contributed by atoms with Gasteiger partial charge in [-0.15, -0.1) is 0 Å². The van der Waals surface area contributed by atoms with Gasteiger partial charge in [-0.1, -0.05) is 0 Å². The summed E-state index contributed by atoms with van der Waals surface area (Å²) in [6, 6.07) is 4.09. The summed E-state index contributed by atoms with van der Waals surface area (Å²) in [6.45, 7) is 5.25. The Morgan fingerprint density at radius 1 is 1.24 bits per heavy atom. The number of nitrogens with zero attached hydrogens (tertiary/aromatic N) is 2. The second-order valence-electron chi connectivity index (χ2n) is 5.21. The van der Waals surface area contributed by atoms with E-state index in [9.17, 15) is 9.90 Å². The number of hydrogen-bond acceptors (Lipinski definition) is 4. The van der Waals surface area contributed by atoms with Crippen molar-refractivity contribution in [3.63, 3.8) is 0 Å². The summed E-state index contributed by atoms with van der Waals surface area (Å²) >= 11 is 0. The van der Waals surface area contributed by atoms with E-state index in [4.69, 9.17) is 21.9 Å². The Hall–Kier alpha value is -2.77. The molecule has 0 aliphatic carbocycles. The highest BCUT2D eigenvalue weighted by Gasteiger charge is 2.18. The van der Waals surface area contributed by atoms with Crippen molar-refractivity contribution in [3.8, 4) is 5.75 Å². The minimum Gasteiger partial charge on any atom is -0.506 e. The average Bonchev–Trinajstić information content (AvgIpc) is 2.28. The Balaban J connectivity index is 3.01. The molecule has 8 heteroatoms. The normalized spacial score (nSPS) is 11.9. The number of aliphatic imine (C=N–C) groups is 2. The summed E-state index contributed by atoms with van der Waals surface area (Å²) in [5.74, 6) is -1.26. The lowest BCUT2D eigenvalue weighted by molar-refractivity contribution is 0.00692. The van der Waals surface area contributed by atoms with Gasteiger partial charge in [0.2, 0.25) is 5.96 Å². The third-order valence-electron chi connectivity index (χ3n) is 2.09. The molecule has 1 rings (SSSR count). The maximum Gasteiger partial charge on any atom is 0.338 e. The minimum absolute atomic E-state index is 0.129. The van der Waals surface area contributed by atoms with Crippen LogP contribution in [0.15, 0.2) is 28.2 Å². The number of hydrogen-bond donors (Lipinski definition) is 4. The molecule has 0 atom stereocenters. The van der Waals surface area contributed by atoms with Gasteiger partial charge in [-0.2, -0.15) is 4.99 Å². The molecule has 0 aromatic heterocycles. The lowest BCUT2D eigenvalue weighted by Gasteiger charge is -2.19. The van der Waals surface area contributed by atoms with Crippen LogP contribution in [0.3, 0.4) is 0 Å². The maximum absolute atomic E-state index is 11.8. The van der Waals surface area contributed by atoms with Crippen LogP contribution in [-0.4, -0.2) is 28.6 Å². The summed E-state index contributed by atoms with van der Waals surface area (Å²) in [4.78, 5) is 19.2. The molecular formula is C13H19N5O3. The van der Waals surface area contributed by atoms with Crippen molar-refractivity contribution in [2.75, 3.05) is 0 Å². The van der Waals surface area contributed by atoms with Crippen molar-refractivity contribution in [2.24, 2.45) is 27.2 Å². The van der Waals surface area contributed by atoms with Gasteiger partial charge in [0.05, 0.1) is 5.56 Å². The van der Waals surface area contributed by atoms with E-state index < -0.39 is 11.6 Å². The third-order valence-corrected chi connectivity index (χ3v) is 2.09. The molecule has 0 fully saturated rings. The maximum atomic E-state index is 11.8. The number of carbonyl (C=O) groups is 1. The monoisotopic (exact) mass is 293 g/mol.